The van der Waals surface area contributed by atoms with Crippen LogP contribution in [0.5, 0.6) is 0 Å². The van der Waals surface area contributed by atoms with E-state index in [4.69, 9.17) is 0 Å². The highest BCUT2D eigenvalue weighted by molar-refractivity contribution is 5.82. The molecule has 3 atom stereocenters. The number of nitrogens with one attached hydrogen (secondary N) is 1. The van der Waals surface area contributed by atoms with Crippen molar-refractivity contribution < 1.29 is 4.79 Å². The number of fused-ring (bicyclic) bond motifs is 1. The molecule has 1 aliphatic heterocycles. The predicted molar refractivity (Wildman–Crippen MR) is 110 cm³/mol. The summed E-state index contributed by atoms with van der Waals surface area (Å²) in [6.07, 6.45) is 13.1. The van der Waals surface area contributed by atoms with Gasteiger partial charge in [0.05, 0.1) is 12.0 Å². The van der Waals surface area contributed by atoms with Gasteiger partial charge in [0, 0.05) is 23.9 Å². The molecule has 2 heterocycles. The highest BCUT2D eigenvalue weighted by Gasteiger charge is 2.64. The van der Waals surface area contributed by atoms with E-state index in [9.17, 15) is 4.79 Å². The number of nitrogens with zero attached hydrogens (tertiary/aromatic N) is 3. The van der Waals surface area contributed by atoms with Crippen molar-refractivity contribution in [1.82, 2.24) is 20.0 Å². The standard InChI is InChI=1S/C23H36N4O/c1-2-12-26-13-8-17(9-14-26)16-24-22(28)21-18-6-10-23(21,15-18)20-7-11-25-27(20)19-4-3-5-19/h7,11,17-19,21H,2-6,8-10,12-16H2,1H3,(H,24,28). The van der Waals surface area contributed by atoms with Gasteiger partial charge in [-0.1, -0.05) is 6.92 Å². The minimum Gasteiger partial charge on any atom is -0.356 e. The third-order valence-corrected chi connectivity index (χ3v) is 8.35. The van der Waals surface area contributed by atoms with E-state index in [1.54, 1.807) is 0 Å². The quantitative estimate of drug-likeness (QED) is 0.783. The molecule has 2 bridgehead atoms. The topological polar surface area (TPSA) is 50.2 Å². The Labute approximate surface area is 169 Å². The number of aromatic nitrogens is 2. The summed E-state index contributed by atoms with van der Waals surface area (Å²) >= 11 is 0. The van der Waals surface area contributed by atoms with Crippen molar-refractivity contribution in [3.63, 3.8) is 0 Å². The van der Waals surface area contributed by atoms with Gasteiger partial charge in [-0.3, -0.25) is 9.48 Å². The average Bonchev–Trinajstić information content (AvgIpc) is 3.35. The third-order valence-electron chi connectivity index (χ3n) is 8.35. The number of hydrogen-bond donors (Lipinski definition) is 1. The molecule has 1 aromatic heterocycles. The van der Waals surface area contributed by atoms with Gasteiger partial charge in [0.1, 0.15) is 0 Å². The largest absolute Gasteiger partial charge is 0.356 e. The van der Waals surface area contributed by atoms with Crippen molar-refractivity contribution in [3.8, 4) is 0 Å². The molecule has 28 heavy (non-hydrogen) atoms. The average molecular weight is 385 g/mol. The minimum atomic E-state index is 0.0747. The maximum Gasteiger partial charge on any atom is 0.224 e. The van der Waals surface area contributed by atoms with Crippen LogP contribution in [0.15, 0.2) is 12.3 Å². The number of hydrogen-bond acceptors (Lipinski definition) is 3. The Balaban J connectivity index is 1.21. The van der Waals surface area contributed by atoms with Crippen molar-refractivity contribution >= 4 is 5.91 Å². The van der Waals surface area contributed by atoms with Crippen LogP contribution in [0, 0.1) is 17.8 Å². The molecule has 0 radical (unpaired) electrons. The summed E-state index contributed by atoms with van der Waals surface area (Å²) in [5, 5.41) is 8.05. The zero-order valence-corrected chi connectivity index (χ0v) is 17.4. The van der Waals surface area contributed by atoms with Gasteiger partial charge >= 0.3 is 0 Å². The second-order valence-corrected chi connectivity index (χ2v) is 9.91. The summed E-state index contributed by atoms with van der Waals surface area (Å²) in [4.78, 5) is 15.8. The van der Waals surface area contributed by atoms with E-state index < -0.39 is 0 Å². The molecule has 3 unspecified atom stereocenters. The van der Waals surface area contributed by atoms with Gasteiger partial charge < -0.3 is 10.2 Å². The van der Waals surface area contributed by atoms with Gasteiger partial charge in [0.2, 0.25) is 5.91 Å². The number of rotatable bonds is 7. The second kappa shape index (κ2) is 7.47. The second-order valence-electron chi connectivity index (χ2n) is 9.91. The van der Waals surface area contributed by atoms with E-state index in [1.165, 1.54) is 83.1 Å². The van der Waals surface area contributed by atoms with Crippen LogP contribution in [0.3, 0.4) is 0 Å². The summed E-state index contributed by atoms with van der Waals surface area (Å²) in [6, 6.07) is 2.79. The van der Waals surface area contributed by atoms with Crippen LogP contribution in [-0.2, 0) is 10.2 Å². The lowest BCUT2D eigenvalue weighted by Gasteiger charge is -2.47. The fourth-order valence-corrected chi connectivity index (χ4v) is 6.55. The highest BCUT2D eigenvalue weighted by Crippen LogP contribution is 2.64. The van der Waals surface area contributed by atoms with E-state index in [1.807, 2.05) is 6.20 Å². The SMILES string of the molecule is CCCN1CCC(CNC(=O)C2C3CCC2(c2ccnn2C2CCC2)C3)CC1. The lowest BCUT2D eigenvalue weighted by Crippen LogP contribution is -2.54. The molecule has 0 aromatic carbocycles. The first-order chi connectivity index (χ1) is 13.7. The molecule has 154 valence electrons. The maximum absolute atomic E-state index is 13.2. The van der Waals surface area contributed by atoms with Crippen LogP contribution < -0.4 is 5.32 Å². The van der Waals surface area contributed by atoms with Crippen molar-refractivity contribution in [2.24, 2.45) is 17.8 Å². The molecule has 4 saturated carbocycles. The molecular formula is C23H36N4O. The van der Waals surface area contributed by atoms with Crippen LogP contribution in [0.2, 0.25) is 0 Å². The van der Waals surface area contributed by atoms with Gasteiger partial charge in [-0.15, -0.1) is 0 Å². The molecule has 5 aliphatic rings. The summed E-state index contributed by atoms with van der Waals surface area (Å²) in [5.74, 6) is 1.76. The van der Waals surface area contributed by atoms with Gasteiger partial charge in [-0.25, -0.2) is 0 Å². The highest BCUT2D eigenvalue weighted by atomic mass is 16.2. The zero-order valence-electron chi connectivity index (χ0n) is 17.4. The molecule has 1 saturated heterocycles. The van der Waals surface area contributed by atoms with Crippen molar-refractivity contribution in [2.45, 2.75) is 76.2 Å². The molecule has 5 heteroatoms. The van der Waals surface area contributed by atoms with Crippen LogP contribution >= 0.6 is 0 Å². The molecule has 0 spiro atoms. The monoisotopic (exact) mass is 384 g/mol. The molecule has 1 amide bonds. The third kappa shape index (κ3) is 3.01. The Morgan fingerprint density at radius 2 is 2.07 bits per heavy atom. The van der Waals surface area contributed by atoms with Crippen molar-refractivity contribution in [2.75, 3.05) is 26.2 Å². The first-order valence-corrected chi connectivity index (χ1v) is 11.8. The molecule has 5 fully saturated rings. The van der Waals surface area contributed by atoms with E-state index in [0.717, 1.165) is 6.54 Å². The Morgan fingerprint density at radius 3 is 2.75 bits per heavy atom. The number of carbonyl (C=O) groups excluding carboxylic acids is 1. The Bertz CT molecular complexity index is 699. The summed E-state index contributed by atoms with van der Waals surface area (Å²) in [7, 11) is 0. The van der Waals surface area contributed by atoms with Crippen LogP contribution in [0.4, 0.5) is 0 Å². The van der Waals surface area contributed by atoms with Gasteiger partial charge in [-0.05, 0) is 95.3 Å². The first kappa shape index (κ1) is 18.7. The number of carbonyl (C=O) groups is 1. The lowest BCUT2D eigenvalue weighted by molar-refractivity contribution is -0.133. The molecule has 5 nitrogen and oxygen atoms in total. The van der Waals surface area contributed by atoms with E-state index >= 15 is 0 Å². The smallest absolute Gasteiger partial charge is 0.224 e. The first-order valence-electron chi connectivity index (χ1n) is 11.8. The lowest BCUT2D eigenvalue weighted by atomic mass is 9.58. The number of likely N-dealkylation sites (tertiary alicyclic amines) is 1. The normalized spacial score (nSPS) is 33.5. The fraction of sp³-hybridized carbons (Fsp3) is 0.826. The van der Waals surface area contributed by atoms with Crippen LogP contribution in [0.1, 0.15) is 76.4 Å². The van der Waals surface area contributed by atoms with Crippen molar-refractivity contribution in [1.29, 1.82) is 0 Å². The molecular weight excluding hydrogens is 348 g/mol. The summed E-state index contributed by atoms with van der Waals surface area (Å²) in [6.45, 7) is 6.75. The van der Waals surface area contributed by atoms with Crippen molar-refractivity contribution in [3.05, 3.63) is 18.0 Å². The van der Waals surface area contributed by atoms with E-state index in [-0.39, 0.29) is 11.3 Å². The minimum absolute atomic E-state index is 0.0747. The van der Waals surface area contributed by atoms with E-state index in [2.05, 4.69) is 33.0 Å². The zero-order chi connectivity index (χ0) is 19.1. The van der Waals surface area contributed by atoms with Crippen LogP contribution in [-0.4, -0.2) is 46.8 Å². The Morgan fingerprint density at radius 1 is 1.25 bits per heavy atom. The van der Waals surface area contributed by atoms with E-state index in [0.29, 0.717) is 23.8 Å². The number of amides is 1. The van der Waals surface area contributed by atoms with Gasteiger partial charge in [0.25, 0.3) is 0 Å². The Kier molecular flexibility index (Phi) is 4.98. The Hall–Kier alpha value is -1.36. The predicted octanol–water partition coefficient (Wildman–Crippen LogP) is 3.51. The summed E-state index contributed by atoms with van der Waals surface area (Å²) in [5.41, 5.74) is 1.43. The van der Waals surface area contributed by atoms with Gasteiger partial charge in [0.15, 0.2) is 0 Å². The summed E-state index contributed by atoms with van der Waals surface area (Å²) < 4.78 is 2.29. The van der Waals surface area contributed by atoms with Crippen LogP contribution in [0.25, 0.3) is 0 Å². The fourth-order valence-electron chi connectivity index (χ4n) is 6.55. The molecule has 4 aliphatic carbocycles. The number of piperidine rings is 1. The maximum atomic E-state index is 13.2. The molecule has 6 rings (SSSR count). The van der Waals surface area contributed by atoms with Gasteiger partial charge in [-0.2, -0.15) is 5.10 Å². The molecule has 1 N–H and O–H groups in total. The molecule has 1 aromatic rings.